The first-order valence-electron chi connectivity index (χ1n) is 13.5. The fourth-order valence-corrected chi connectivity index (χ4v) is 6.23. The fourth-order valence-electron chi connectivity index (χ4n) is 5.70. The number of alkyl halides is 3. The summed E-state index contributed by atoms with van der Waals surface area (Å²) in [7, 11) is -1.03. The summed E-state index contributed by atoms with van der Waals surface area (Å²) >= 11 is 12.0. The number of amides is 1. The normalized spacial score (nSPS) is 19.4. The lowest BCUT2D eigenvalue weighted by molar-refractivity contribution is -0.275. The third-order valence-corrected chi connectivity index (χ3v) is 8.56. The molecule has 0 bridgehead atoms. The molecule has 3 aromatic carbocycles. The monoisotopic (exact) mass is 618 g/mol. The molecule has 42 heavy (non-hydrogen) atoms. The maximum Gasteiger partial charge on any atom is 0.492 e. The van der Waals surface area contributed by atoms with Gasteiger partial charge in [-0.25, -0.2) is 0 Å². The number of hydrogen-bond donors (Lipinski definition) is 2. The second kappa shape index (κ2) is 11.2. The van der Waals surface area contributed by atoms with E-state index in [1.165, 1.54) is 6.07 Å². The zero-order valence-corrected chi connectivity index (χ0v) is 24.6. The first-order valence-corrected chi connectivity index (χ1v) is 14.2. The van der Waals surface area contributed by atoms with E-state index in [1.54, 1.807) is 25.1 Å². The second-order valence-electron chi connectivity index (χ2n) is 10.6. The Morgan fingerprint density at radius 1 is 1.07 bits per heavy atom. The Labute approximate surface area is 251 Å². The highest BCUT2D eigenvalue weighted by Gasteiger charge is 2.62. The first-order chi connectivity index (χ1) is 19.8. The smallest absolute Gasteiger partial charge is 0.423 e. The third-order valence-electron chi connectivity index (χ3n) is 8.12. The number of halogens is 5. The molecule has 2 aliphatic heterocycles. The van der Waals surface area contributed by atoms with Crippen molar-refractivity contribution in [3.05, 3.63) is 98.0 Å². The maximum absolute atomic E-state index is 14.3. The van der Waals surface area contributed by atoms with Crippen molar-refractivity contribution in [2.45, 2.75) is 64.0 Å². The summed E-state index contributed by atoms with van der Waals surface area (Å²) in [5.41, 5.74) is 0.309. The minimum absolute atomic E-state index is 0.0452. The van der Waals surface area contributed by atoms with Gasteiger partial charge in [0.2, 0.25) is 0 Å². The summed E-state index contributed by atoms with van der Waals surface area (Å²) in [6.07, 6.45) is -3.95. The summed E-state index contributed by atoms with van der Waals surface area (Å²) in [5, 5.41) is 17.2. The molecule has 0 aromatic heterocycles. The highest BCUT2D eigenvalue weighted by molar-refractivity contribution is 6.62. The lowest BCUT2D eigenvalue weighted by Gasteiger charge is -2.29. The van der Waals surface area contributed by atoms with Gasteiger partial charge < -0.3 is 19.8 Å². The average molecular weight is 619 g/mol. The highest BCUT2D eigenvalue weighted by Crippen LogP contribution is 2.49. The predicted octanol–water partition coefficient (Wildman–Crippen LogP) is 6.55. The van der Waals surface area contributed by atoms with Crippen molar-refractivity contribution in [2.24, 2.45) is 5.16 Å². The van der Waals surface area contributed by atoms with E-state index in [-0.39, 0.29) is 33.8 Å². The topological polar surface area (TPSA) is 80.2 Å². The van der Waals surface area contributed by atoms with Gasteiger partial charge in [-0.3, -0.25) is 4.79 Å². The zero-order chi connectivity index (χ0) is 30.4. The lowest BCUT2D eigenvalue weighted by atomic mass is 9.76. The third kappa shape index (κ3) is 5.30. The van der Waals surface area contributed by atoms with E-state index in [1.807, 2.05) is 32.0 Å². The number of rotatable bonds is 7. The van der Waals surface area contributed by atoms with Crippen molar-refractivity contribution in [1.82, 2.24) is 5.32 Å². The van der Waals surface area contributed by atoms with Crippen molar-refractivity contribution in [3.63, 3.8) is 0 Å². The number of oxime groups is 1. The molecule has 1 atom stereocenters. The summed E-state index contributed by atoms with van der Waals surface area (Å²) in [6, 6.07) is 14.0. The van der Waals surface area contributed by atoms with Crippen LogP contribution in [-0.4, -0.2) is 29.9 Å². The molecule has 0 aliphatic carbocycles. The number of nitrogens with one attached hydrogen (secondary N) is 1. The molecular formula is C30H28BCl2F3N2O4. The molecule has 220 valence electrons. The van der Waals surface area contributed by atoms with E-state index in [4.69, 9.17) is 32.7 Å². The van der Waals surface area contributed by atoms with Crippen LogP contribution in [0.4, 0.5) is 13.2 Å². The number of carbonyl (C=O) groups excluding carboxylic acids is 1. The van der Waals surface area contributed by atoms with Gasteiger partial charge in [0.25, 0.3) is 11.5 Å². The largest absolute Gasteiger partial charge is 0.492 e. The lowest BCUT2D eigenvalue weighted by Crippen LogP contribution is -2.42. The quantitative estimate of drug-likeness (QED) is 0.295. The summed E-state index contributed by atoms with van der Waals surface area (Å²) < 4.78 is 48.9. The average Bonchev–Trinajstić information content (AvgIpc) is 3.52. The summed E-state index contributed by atoms with van der Waals surface area (Å²) in [6.45, 7) is 5.94. The maximum atomic E-state index is 14.3. The highest BCUT2D eigenvalue weighted by atomic mass is 35.5. The van der Waals surface area contributed by atoms with Gasteiger partial charge in [0.05, 0.1) is 11.3 Å². The van der Waals surface area contributed by atoms with Gasteiger partial charge in [-0.2, -0.15) is 13.2 Å². The fraction of sp³-hybridized carbons (Fsp3) is 0.333. The van der Waals surface area contributed by atoms with Gasteiger partial charge in [-0.1, -0.05) is 66.5 Å². The molecule has 0 spiro atoms. The van der Waals surface area contributed by atoms with Crippen LogP contribution >= 0.6 is 23.2 Å². The van der Waals surface area contributed by atoms with Gasteiger partial charge in [0.1, 0.15) is 0 Å². The molecule has 2 aliphatic rings. The molecule has 6 nitrogen and oxygen atoms in total. The van der Waals surface area contributed by atoms with E-state index in [0.717, 1.165) is 36.1 Å². The van der Waals surface area contributed by atoms with Gasteiger partial charge in [0.15, 0.2) is 0 Å². The van der Waals surface area contributed by atoms with Crippen LogP contribution in [-0.2, 0) is 27.2 Å². The van der Waals surface area contributed by atoms with Crippen molar-refractivity contribution in [2.75, 3.05) is 0 Å². The SMILES string of the molecule is CCC1(CC)OB(O)c2cc(CNC(=O)c3ccc(C4=NOC(c5cc(Cl)cc(Cl)c5)(C(F)(F)F)C4)cc3C)ccc21. The Morgan fingerprint density at radius 3 is 2.38 bits per heavy atom. The van der Waals surface area contributed by atoms with E-state index in [0.29, 0.717) is 22.2 Å². The molecule has 1 amide bonds. The summed E-state index contributed by atoms with van der Waals surface area (Å²) in [4.78, 5) is 18.1. The number of hydrogen-bond acceptors (Lipinski definition) is 5. The van der Waals surface area contributed by atoms with Crippen LogP contribution < -0.4 is 10.8 Å². The van der Waals surface area contributed by atoms with Crippen LogP contribution in [0.5, 0.6) is 0 Å². The molecule has 2 heterocycles. The molecule has 0 saturated carbocycles. The number of fused-ring (bicyclic) bond motifs is 1. The van der Waals surface area contributed by atoms with Gasteiger partial charge in [0, 0.05) is 34.1 Å². The predicted molar refractivity (Wildman–Crippen MR) is 156 cm³/mol. The number of benzene rings is 3. The molecule has 2 N–H and O–H groups in total. The Bertz CT molecular complexity index is 1560. The second-order valence-corrected chi connectivity index (χ2v) is 11.5. The van der Waals surface area contributed by atoms with Crippen LogP contribution in [0.3, 0.4) is 0 Å². The zero-order valence-electron chi connectivity index (χ0n) is 23.1. The van der Waals surface area contributed by atoms with E-state index >= 15 is 0 Å². The minimum atomic E-state index is -4.81. The van der Waals surface area contributed by atoms with Crippen LogP contribution in [0.15, 0.2) is 59.8 Å². The van der Waals surface area contributed by atoms with Crippen molar-refractivity contribution < 1.29 is 32.5 Å². The molecular weight excluding hydrogens is 591 g/mol. The van der Waals surface area contributed by atoms with Crippen molar-refractivity contribution in [3.8, 4) is 0 Å². The Morgan fingerprint density at radius 2 is 1.76 bits per heavy atom. The van der Waals surface area contributed by atoms with E-state index in [9.17, 15) is 23.0 Å². The Balaban J connectivity index is 1.31. The van der Waals surface area contributed by atoms with Crippen LogP contribution in [0.25, 0.3) is 0 Å². The Hall–Kier alpha value is -3.05. The standard InChI is InChI=1S/C30H28BCl2F3N2O4/c1-4-28(5-2)24-9-6-18(11-25(24)31(40)41-28)16-37-27(39)23-8-7-19(10-17(23)3)26-15-29(42-38-26,30(34,35)36)20-12-21(32)14-22(33)13-20/h6-14,40H,4-5,15-16H2,1-3H3,(H,37,39). The number of carbonyl (C=O) groups is 1. The van der Waals surface area contributed by atoms with Crippen molar-refractivity contribution in [1.29, 1.82) is 0 Å². The molecule has 12 heteroatoms. The molecule has 5 rings (SSSR count). The summed E-state index contributed by atoms with van der Waals surface area (Å²) in [5.74, 6) is -0.351. The number of nitrogens with zero attached hydrogens (tertiary/aromatic N) is 1. The number of aryl methyl sites for hydroxylation is 1. The molecule has 0 fully saturated rings. The van der Waals surface area contributed by atoms with Crippen LogP contribution in [0.1, 0.15) is 71.3 Å². The molecule has 1 unspecified atom stereocenters. The van der Waals surface area contributed by atoms with Crippen molar-refractivity contribution >= 4 is 47.4 Å². The van der Waals surface area contributed by atoms with Crippen LogP contribution in [0.2, 0.25) is 10.0 Å². The van der Waals surface area contributed by atoms with Crippen LogP contribution in [0, 0.1) is 6.92 Å². The van der Waals surface area contributed by atoms with E-state index in [2.05, 4.69) is 10.5 Å². The van der Waals surface area contributed by atoms with E-state index < -0.39 is 30.9 Å². The van der Waals surface area contributed by atoms with Gasteiger partial charge in [-0.15, -0.1) is 0 Å². The molecule has 0 saturated heterocycles. The minimum Gasteiger partial charge on any atom is -0.423 e. The van der Waals surface area contributed by atoms with Gasteiger partial charge in [-0.05, 0) is 77.8 Å². The Kier molecular flexibility index (Phi) is 8.13. The molecule has 3 aromatic rings. The molecule has 0 radical (unpaired) electrons. The first kappa shape index (κ1) is 30.4. The van der Waals surface area contributed by atoms with Gasteiger partial charge >= 0.3 is 13.3 Å².